The van der Waals surface area contributed by atoms with Crippen LogP contribution in [-0.4, -0.2) is 151 Å². The summed E-state index contributed by atoms with van der Waals surface area (Å²) in [5, 5.41) is 4.90. The van der Waals surface area contributed by atoms with E-state index in [1.165, 1.54) is 4.90 Å². The summed E-state index contributed by atoms with van der Waals surface area (Å²) in [4.78, 5) is 57.2. The highest BCUT2D eigenvalue weighted by Crippen LogP contribution is 2.39. The molecule has 1 atom stereocenters. The highest BCUT2D eigenvalue weighted by atomic mass is 127. The molecule has 0 saturated heterocycles. The zero-order valence-electron chi connectivity index (χ0n) is 49.6. The van der Waals surface area contributed by atoms with E-state index < -0.39 is 6.23 Å². The average Bonchev–Trinajstić information content (AvgIpc) is 2.48. The van der Waals surface area contributed by atoms with Gasteiger partial charge in [-0.2, -0.15) is 0 Å². The van der Waals surface area contributed by atoms with E-state index in [9.17, 15) is 19.2 Å². The molecule has 2 heterocycles. The van der Waals surface area contributed by atoms with E-state index in [-0.39, 0.29) is 66.6 Å². The van der Waals surface area contributed by atoms with E-state index in [0.717, 1.165) is 56.5 Å². The lowest BCUT2D eigenvalue weighted by Gasteiger charge is -2.38. The van der Waals surface area contributed by atoms with Gasteiger partial charge < -0.3 is 79.3 Å². The molecule has 8 rings (SSSR count). The first kappa shape index (κ1) is 69.7. The molecular formula is C63H77Cl4IN6O9. The van der Waals surface area contributed by atoms with Gasteiger partial charge in [-0.15, -0.1) is 0 Å². The molecule has 0 aliphatic carbocycles. The summed E-state index contributed by atoms with van der Waals surface area (Å²) in [6.45, 7) is 14.0. The number of rotatable bonds is 20. The van der Waals surface area contributed by atoms with Crippen LogP contribution in [0.5, 0.6) is 28.7 Å². The van der Waals surface area contributed by atoms with Crippen LogP contribution >= 0.6 is 34.8 Å². The van der Waals surface area contributed by atoms with Gasteiger partial charge in [0.05, 0.1) is 73.2 Å². The minimum atomic E-state index is -0.398. The second kappa shape index (κ2) is 31.4. The summed E-state index contributed by atoms with van der Waals surface area (Å²) in [6.07, 6.45) is 0.281. The summed E-state index contributed by atoms with van der Waals surface area (Å²) in [5.41, 5.74) is 6.63. The van der Waals surface area contributed by atoms with Gasteiger partial charge in [-0.3, -0.25) is 29.0 Å². The number of ether oxygens (including phenoxy) is 5. The quantitative estimate of drug-likeness (QED) is 0.0529. The van der Waals surface area contributed by atoms with Crippen LogP contribution in [0.3, 0.4) is 0 Å². The highest BCUT2D eigenvalue weighted by Gasteiger charge is 2.39. The molecule has 0 radical (unpaired) electrons. The zero-order valence-corrected chi connectivity index (χ0v) is 54.8. The van der Waals surface area contributed by atoms with Gasteiger partial charge in [0.2, 0.25) is 0 Å². The third-order valence-electron chi connectivity index (χ3n) is 13.0. The normalized spacial score (nSPS) is 13.5. The maximum absolute atomic E-state index is 13.5. The molecule has 1 N–H and O–H groups in total. The first-order chi connectivity index (χ1) is 38.3. The summed E-state index contributed by atoms with van der Waals surface area (Å²) >= 11 is 18.3. The molecule has 0 bridgehead atoms. The largest absolute Gasteiger partial charge is 1.00 e. The van der Waals surface area contributed by atoms with Gasteiger partial charge in [-0.1, -0.05) is 65.1 Å². The summed E-state index contributed by atoms with van der Waals surface area (Å²) in [6, 6.07) is 32.5. The van der Waals surface area contributed by atoms with Crippen LogP contribution in [0.25, 0.3) is 0 Å². The number of fused-ring (bicyclic) bond motifs is 2. The van der Waals surface area contributed by atoms with Crippen molar-refractivity contribution in [2.45, 2.75) is 53.8 Å². The lowest BCUT2D eigenvalue weighted by Crippen LogP contribution is -3.00. The maximum Gasteiger partial charge on any atom is 0.268 e. The first-order valence-corrected chi connectivity index (χ1v) is 28.0. The third kappa shape index (κ3) is 19.1. The second-order valence-corrected chi connectivity index (χ2v) is 23.2. The number of carbonyl (C=O) groups is 4. The monoisotopic (exact) mass is 1330 g/mol. The van der Waals surface area contributed by atoms with Gasteiger partial charge >= 0.3 is 0 Å². The van der Waals surface area contributed by atoms with Crippen molar-refractivity contribution in [3.63, 3.8) is 0 Å². The fourth-order valence-electron chi connectivity index (χ4n) is 8.63. The fourth-order valence-corrected chi connectivity index (χ4v) is 8.98. The molecule has 0 saturated carbocycles. The fraction of sp³-hybridized carbons (Fsp3) is 0.365. The molecule has 1 unspecified atom stereocenters. The number of nitrogens with zero attached hydrogens (tertiary/aromatic N) is 5. The number of quaternary nitrogens is 2. The van der Waals surface area contributed by atoms with E-state index in [0.29, 0.717) is 105 Å². The lowest BCUT2D eigenvalue weighted by atomic mass is 10.1. The first-order valence-electron chi connectivity index (χ1n) is 26.9. The molecule has 2 aliphatic rings. The van der Waals surface area contributed by atoms with E-state index in [4.69, 9.17) is 58.5 Å². The Hall–Kier alpha value is -5.83. The molecule has 4 amide bonds. The van der Waals surface area contributed by atoms with Crippen molar-refractivity contribution in [2.24, 2.45) is 0 Å². The Balaban J connectivity index is 0.000000264. The van der Waals surface area contributed by atoms with Crippen molar-refractivity contribution in [1.29, 1.82) is 0 Å². The molecule has 0 spiro atoms. The number of nitrogens with one attached hydrogen (secondary N) is 1. The van der Waals surface area contributed by atoms with Crippen LogP contribution in [0, 0.1) is 20.8 Å². The smallest absolute Gasteiger partial charge is 0.268 e. The van der Waals surface area contributed by atoms with Gasteiger partial charge in [-0.05, 0) is 150 Å². The van der Waals surface area contributed by atoms with Gasteiger partial charge in [0, 0.05) is 39.4 Å². The molecule has 448 valence electrons. The van der Waals surface area contributed by atoms with E-state index in [1.54, 1.807) is 59.5 Å². The number of anilines is 2. The molecule has 0 aromatic heterocycles. The second-order valence-electron chi connectivity index (χ2n) is 22.0. The van der Waals surface area contributed by atoms with Crippen molar-refractivity contribution in [3.05, 3.63) is 169 Å². The van der Waals surface area contributed by atoms with Crippen LogP contribution in [0.4, 0.5) is 11.4 Å². The molecule has 0 fully saturated rings. The van der Waals surface area contributed by atoms with E-state index in [1.807, 2.05) is 103 Å². The predicted molar refractivity (Wildman–Crippen MR) is 324 cm³/mol. The van der Waals surface area contributed by atoms with Crippen molar-refractivity contribution >= 4 is 69.8 Å². The van der Waals surface area contributed by atoms with Crippen molar-refractivity contribution in [3.8, 4) is 28.7 Å². The number of aryl methyl sites for hydroxylation is 3. The summed E-state index contributed by atoms with van der Waals surface area (Å²) < 4.78 is 30.9. The van der Waals surface area contributed by atoms with Gasteiger partial charge in [0.25, 0.3) is 23.6 Å². The molecule has 2 aliphatic heterocycles. The third-order valence-corrected chi connectivity index (χ3v) is 14.3. The number of imide groups is 1. The van der Waals surface area contributed by atoms with Gasteiger partial charge in [0.15, 0.2) is 6.23 Å². The number of carbonyl (C=O) groups excluding carboxylic acids is 4. The molecule has 20 heteroatoms. The van der Waals surface area contributed by atoms with E-state index >= 15 is 0 Å². The summed E-state index contributed by atoms with van der Waals surface area (Å²) in [7, 11) is 16.5. The number of likely N-dealkylation sites (N-methyl/N-ethyl adjacent to an activating group) is 2. The van der Waals surface area contributed by atoms with Crippen LogP contribution in [0.2, 0.25) is 15.1 Å². The molecule has 6 aromatic rings. The minimum Gasteiger partial charge on any atom is -1.00 e. The zero-order chi connectivity index (χ0) is 59.3. The Kier molecular flexibility index (Phi) is 26.3. The molecule has 6 aromatic carbocycles. The van der Waals surface area contributed by atoms with Crippen molar-refractivity contribution < 1.29 is 88.2 Å². The number of halogens is 5. The Bertz CT molecular complexity index is 3220. The predicted octanol–water partition coefficient (Wildman–Crippen LogP) is 6.29. The standard InChI is InChI=1S/C21H24ClN2O3.C21H25ClN2O3.C21H27ClN2O3.ClH.HI/c1-14-12-15(8-9-17(14)22)13-23-20(25)16-6-5-7-18(19(16)21(23)26)27-11-10-24(2,3)4;1-5-26-17-7-6-8-18-20(17)21(25)24(19(27-18)11-12-23(3)4)15-9-10-16(22)14(2)13-15;1-6-26-18-8-7-9-19(27-13-12-24(3,4)5)20(18)21(25)23-16-10-11-17(22)15(2)14-16;;/h5-9,12H,10-11,13H2,1-4H3;6-10,13,19H,5,11-12H2,1-4H3;7-11,14H,6,12-13H2,1-5H3;2*1H/q+1;;;;/p-1. The number of benzene rings is 6. The summed E-state index contributed by atoms with van der Waals surface area (Å²) in [5.74, 6) is 1.59. The molecular weight excluding hydrogens is 1250 g/mol. The van der Waals surface area contributed by atoms with Gasteiger partial charge in [-0.25, -0.2) is 0 Å². The Morgan fingerprint density at radius 1 is 0.627 bits per heavy atom. The highest BCUT2D eigenvalue weighted by molar-refractivity contribution is 6.32. The topological polar surface area (TPSA) is 136 Å². The number of amides is 4. The van der Waals surface area contributed by atoms with Crippen LogP contribution in [0.1, 0.15) is 84.0 Å². The Morgan fingerprint density at radius 3 is 1.70 bits per heavy atom. The van der Waals surface area contributed by atoms with Crippen molar-refractivity contribution in [1.82, 2.24) is 9.80 Å². The SMILES string of the molecule is CCOc1cccc(OCC[N+](C)(C)C)c1C(=O)Nc1ccc(Cl)c(C)c1.CCOc1cccc2c1C(=O)N(c1ccc(Cl)c(C)c1)C(CCN(C)C)O2.Cc1cc(CN2C(=O)c3cccc(OCC[N+](C)(C)C)c3C2=O)ccc1Cl.[Cl-].[I-]. The Labute approximate surface area is 528 Å². The van der Waals surface area contributed by atoms with Crippen LogP contribution in [0.15, 0.2) is 109 Å². The average molecular weight is 1330 g/mol. The number of hydrogen-bond acceptors (Lipinski definition) is 10. The molecule has 83 heavy (non-hydrogen) atoms. The van der Waals surface area contributed by atoms with Crippen LogP contribution in [-0.2, 0) is 6.54 Å². The lowest BCUT2D eigenvalue weighted by molar-refractivity contribution is -0.870. The van der Waals surface area contributed by atoms with Crippen molar-refractivity contribution in [2.75, 3.05) is 113 Å². The maximum atomic E-state index is 13.5. The molecule has 15 nitrogen and oxygen atoms in total. The van der Waals surface area contributed by atoms with Gasteiger partial charge in [0.1, 0.15) is 66.2 Å². The minimum absolute atomic E-state index is 0. The Morgan fingerprint density at radius 2 is 1.13 bits per heavy atom. The van der Waals surface area contributed by atoms with Crippen LogP contribution < -0.4 is 70.3 Å². The number of hydrogen-bond donors (Lipinski definition) is 1. The van der Waals surface area contributed by atoms with E-state index in [2.05, 4.69) is 52.5 Å².